The molecule has 0 spiro atoms. The Hall–Kier alpha value is -2.03. The molecule has 0 fully saturated rings. The quantitative estimate of drug-likeness (QED) is 0.814. The van der Waals surface area contributed by atoms with E-state index in [9.17, 15) is 17.7 Å². The number of hydrogen-bond donors (Lipinski definition) is 2. The fraction of sp³-hybridized carbons (Fsp3) is 0.133. The van der Waals surface area contributed by atoms with E-state index in [4.69, 9.17) is 0 Å². The van der Waals surface area contributed by atoms with Crippen LogP contribution in [0.15, 0.2) is 48.0 Å². The van der Waals surface area contributed by atoms with E-state index in [1.807, 2.05) is 0 Å². The molecule has 1 aromatic carbocycles. The van der Waals surface area contributed by atoms with Crippen molar-refractivity contribution in [2.45, 2.75) is 11.1 Å². The lowest BCUT2D eigenvalue weighted by molar-refractivity contribution is -0.137. The Balaban J connectivity index is 2.24. The van der Waals surface area contributed by atoms with Crippen LogP contribution in [0.25, 0.3) is 6.08 Å². The van der Waals surface area contributed by atoms with Gasteiger partial charge in [0.1, 0.15) is 5.82 Å². The molecule has 0 saturated heterocycles. The summed E-state index contributed by atoms with van der Waals surface area (Å²) in [6.07, 6.45) is -1.43. The summed E-state index contributed by atoms with van der Waals surface area (Å²) in [4.78, 5) is 4.62. The van der Waals surface area contributed by atoms with E-state index in [-0.39, 0.29) is 0 Å². The van der Waals surface area contributed by atoms with E-state index in [0.29, 0.717) is 22.0 Å². The molecule has 122 valence electrons. The Bertz CT molecular complexity index is 689. The van der Waals surface area contributed by atoms with Crippen LogP contribution in [-0.2, 0) is 17.5 Å². The zero-order valence-corrected chi connectivity index (χ0v) is 13.0. The van der Waals surface area contributed by atoms with Crippen LogP contribution < -0.4 is 10.0 Å². The van der Waals surface area contributed by atoms with Gasteiger partial charge in [0.2, 0.25) is 0 Å². The van der Waals surface area contributed by atoms with E-state index >= 15 is 0 Å². The SMILES string of the molecule is C=Cc1cc([S+]([O-])NC)cnc1Nc1ccc(C(F)(F)F)cc1. The molecule has 1 aromatic heterocycles. The molecule has 0 aliphatic carbocycles. The van der Waals surface area contributed by atoms with Gasteiger partial charge in [-0.1, -0.05) is 12.7 Å². The van der Waals surface area contributed by atoms with Crippen molar-refractivity contribution >= 4 is 28.9 Å². The van der Waals surface area contributed by atoms with Crippen LogP contribution in [0.3, 0.4) is 0 Å². The highest BCUT2D eigenvalue weighted by molar-refractivity contribution is 7.89. The van der Waals surface area contributed by atoms with Crippen LogP contribution in [-0.4, -0.2) is 16.6 Å². The van der Waals surface area contributed by atoms with Crippen LogP contribution in [0.2, 0.25) is 0 Å². The molecule has 0 aliphatic rings. The van der Waals surface area contributed by atoms with Gasteiger partial charge in [-0.15, -0.1) is 4.72 Å². The molecular formula is C15H14F3N3OS. The zero-order chi connectivity index (χ0) is 17.0. The van der Waals surface area contributed by atoms with Crippen molar-refractivity contribution in [3.05, 3.63) is 54.2 Å². The van der Waals surface area contributed by atoms with Gasteiger partial charge in [-0.05, 0) is 24.3 Å². The number of anilines is 2. The Morgan fingerprint density at radius 2 is 1.91 bits per heavy atom. The van der Waals surface area contributed by atoms with Crippen molar-refractivity contribution in [1.82, 2.24) is 9.71 Å². The first-order chi connectivity index (χ1) is 10.8. The van der Waals surface area contributed by atoms with E-state index in [2.05, 4.69) is 21.6 Å². The molecule has 2 aromatic rings. The van der Waals surface area contributed by atoms with Gasteiger partial charge in [-0.3, -0.25) is 0 Å². The predicted octanol–water partition coefficient (Wildman–Crippen LogP) is 3.73. The molecule has 0 saturated carbocycles. The molecule has 0 bridgehead atoms. The Labute approximate surface area is 134 Å². The fourth-order valence-electron chi connectivity index (χ4n) is 1.82. The van der Waals surface area contributed by atoms with Crippen LogP contribution in [0, 0.1) is 0 Å². The number of nitrogens with zero attached hydrogens (tertiary/aromatic N) is 1. The summed E-state index contributed by atoms with van der Waals surface area (Å²) in [6.45, 7) is 3.66. The highest BCUT2D eigenvalue weighted by Crippen LogP contribution is 2.30. The van der Waals surface area contributed by atoms with Gasteiger partial charge in [0.15, 0.2) is 4.90 Å². The summed E-state index contributed by atoms with van der Waals surface area (Å²) in [5.41, 5.74) is 0.321. The second-order valence-electron chi connectivity index (χ2n) is 4.49. The van der Waals surface area contributed by atoms with Gasteiger partial charge in [0.05, 0.1) is 23.1 Å². The Morgan fingerprint density at radius 1 is 1.26 bits per heavy atom. The van der Waals surface area contributed by atoms with Crippen molar-refractivity contribution in [1.29, 1.82) is 0 Å². The summed E-state index contributed by atoms with van der Waals surface area (Å²) < 4.78 is 51.9. The van der Waals surface area contributed by atoms with Gasteiger partial charge < -0.3 is 9.87 Å². The average Bonchev–Trinajstić information content (AvgIpc) is 2.54. The first kappa shape index (κ1) is 17.3. The third-order valence-electron chi connectivity index (χ3n) is 2.99. The number of benzene rings is 1. The molecule has 1 atom stereocenters. The molecular weight excluding hydrogens is 327 g/mol. The number of halogens is 3. The number of alkyl halides is 3. The number of nitrogens with one attached hydrogen (secondary N) is 2. The Morgan fingerprint density at radius 3 is 2.43 bits per heavy atom. The number of hydrogen-bond acceptors (Lipinski definition) is 4. The summed E-state index contributed by atoms with van der Waals surface area (Å²) in [5.74, 6) is 0.414. The lowest BCUT2D eigenvalue weighted by atomic mass is 10.2. The third-order valence-corrected chi connectivity index (χ3v) is 4.01. The maximum atomic E-state index is 12.5. The maximum absolute atomic E-state index is 12.5. The standard InChI is InChI=1S/C15H14F3N3OS/c1-3-10-8-13(23(22)19-2)9-20-14(10)21-12-6-4-11(5-7-12)15(16,17)18/h3-9,19H,1H2,2H3,(H,20,21). The summed E-state index contributed by atoms with van der Waals surface area (Å²) >= 11 is -1.38. The van der Waals surface area contributed by atoms with Gasteiger partial charge in [-0.2, -0.15) is 13.2 Å². The number of rotatable bonds is 5. The number of pyridine rings is 1. The van der Waals surface area contributed by atoms with Crippen LogP contribution >= 0.6 is 0 Å². The molecule has 0 aliphatic heterocycles. The van der Waals surface area contributed by atoms with Gasteiger partial charge in [0.25, 0.3) is 0 Å². The minimum atomic E-state index is -4.37. The molecule has 1 unspecified atom stereocenters. The molecule has 0 amide bonds. The predicted molar refractivity (Wildman–Crippen MR) is 84.5 cm³/mol. The summed E-state index contributed by atoms with van der Waals surface area (Å²) in [5, 5.41) is 2.92. The zero-order valence-electron chi connectivity index (χ0n) is 12.1. The lowest BCUT2D eigenvalue weighted by Crippen LogP contribution is -2.19. The highest BCUT2D eigenvalue weighted by atomic mass is 32.2. The van der Waals surface area contributed by atoms with Crippen molar-refractivity contribution in [2.24, 2.45) is 0 Å². The summed E-state index contributed by atoms with van der Waals surface area (Å²) in [7, 11) is 1.55. The largest absolute Gasteiger partial charge is 0.593 e. The molecule has 0 radical (unpaired) electrons. The maximum Gasteiger partial charge on any atom is 0.416 e. The van der Waals surface area contributed by atoms with Gasteiger partial charge in [-0.25, -0.2) is 4.98 Å². The van der Waals surface area contributed by atoms with Crippen molar-refractivity contribution in [3.8, 4) is 0 Å². The molecule has 2 N–H and O–H groups in total. The third kappa shape index (κ3) is 4.25. The molecule has 2 rings (SSSR count). The van der Waals surface area contributed by atoms with Crippen LogP contribution in [0.1, 0.15) is 11.1 Å². The second kappa shape index (κ2) is 7.03. The first-order valence-electron chi connectivity index (χ1n) is 6.51. The lowest BCUT2D eigenvalue weighted by Gasteiger charge is -2.12. The topological polar surface area (TPSA) is 60.0 Å². The summed E-state index contributed by atoms with van der Waals surface area (Å²) in [6, 6.07) is 6.24. The molecule has 1 heterocycles. The molecule has 23 heavy (non-hydrogen) atoms. The monoisotopic (exact) mass is 341 g/mol. The number of aromatic nitrogens is 1. The van der Waals surface area contributed by atoms with Gasteiger partial charge >= 0.3 is 6.18 Å². The van der Waals surface area contributed by atoms with Crippen molar-refractivity contribution < 1.29 is 17.7 Å². The van der Waals surface area contributed by atoms with Crippen molar-refractivity contribution in [2.75, 3.05) is 12.4 Å². The minimum absolute atomic E-state index is 0.414. The van der Waals surface area contributed by atoms with E-state index < -0.39 is 23.1 Å². The minimum Gasteiger partial charge on any atom is -0.593 e. The van der Waals surface area contributed by atoms with Crippen LogP contribution in [0.5, 0.6) is 0 Å². The van der Waals surface area contributed by atoms with Crippen molar-refractivity contribution in [3.63, 3.8) is 0 Å². The average molecular weight is 341 g/mol. The van der Waals surface area contributed by atoms with E-state index in [1.54, 1.807) is 13.1 Å². The fourth-order valence-corrected chi connectivity index (χ4v) is 2.44. The smallest absolute Gasteiger partial charge is 0.416 e. The Kier molecular flexibility index (Phi) is 5.30. The molecule has 8 heteroatoms. The molecule has 4 nitrogen and oxygen atoms in total. The van der Waals surface area contributed by atoms with Crippen LogP contribution in [0.4, 0.5) is 24.7 Å². The van der Waals surface area contributed by atoms with Gasteiger partial charge in [0, 0.05) is 24.4 Å². The van der Waals surface area contributed by atoms with E-state index in [1.165, 1.54) is 24.4 Å². The first-order valence-corrected chi connectivity index (χ1v) is 7.66. The highest BCUT2D eigenvalue weighted by Gasteiger charge is 2.29. The van der Waals surface area contributed by atoms with E-state index in [0.717, 1.165) is 12.1 Å². The second-order valence-corrected chi connectivity index (χ2v) is 5.90. The normalized spacial score (nSPS) is 12.7.